The molecule has 0 aliphatic carbocycles. The summed E-state index contributed by atoms with van der Waals surface area (Å²) in [6.07, 6.45) is 0.536. The van der Waals surface area contributed by atoms with Crippen molar-refractivity contribution in [1.29, 1.82) is 0 Å². The van der Waals surface area contributed by atoms with Gasteiger partial charge in [-0.25, -0.2) is 0 Å². The first-order valence-corrected chi connectivity index (χ1v) is 4.14. The van der Waals surface area contributed by atoms with Gasteiger partial charge in [-0.2, -0.15) is 0 Å². The lowest BCUT2D eigenvalue weighted by molar-refractivity contribution is -0.105. The van der Waals surface area contributed by atoms with E-state index in [0.717, 1.165) is 10.0 Å². The molecule has 0 saturated carbocycles. The fourth-order valence-electron chi connectivity index (χ4n) is 0.913. The van der Waals surface area contributed by atoms with E-state index in [1.165, 1.54) is 6.07 Å². The van der Waals surface area contributed by atoms with Crippen molar-refractivity contribution in [3.63, 3.8) is 0 Å². The summed E-state index contributed by atoms with van der Waals surface area (Å²) in [5, 5.41) is 11.7. The Balaban J connectivity index is 3.22. The molecule has 0 bridgehead atoms. The van der Waals surface area contributed by atoms with Crippen LogP contribution in [0.15, 0.2) is 16.6 Å². The zero-order valence-electron chi connectivity index (χ0n) is 6.47. The quantitative estimate of drug-likeness (QED) is 0.603. The molecule has 0 aromatic heterocycles. The number of aromatic hydroxyl groups is 1. The van der Waals surface area contributed by atoms with Crippen LogP contribution in [0.3, 0.4) is 0 Å². The Labute approximate surface area is 78.5 Å². The minimum atomic E-state index is 0.0720. The summed E-state index contributed by atoms with van der Waals surface area (Å²) in [7, 11) is 0. The summed E-state index contributed by atoms with van der Waals surface area (Å²) >= 11 is 3.28. The van der Waals surface area contributed by atoms with E-state index >= 15 is 0 Å². The molecular formula is C8H8BrNO2. The van der Waals surface area contributed by atoms with Gasteiger partial charge in [-0.3, -0.25) is 4.79 Å². The first-order valence-electron chi connectivity index (χ1n) is 3.35. The zero-order chi connectivity index (χ0) is 9.14. The Bertz CT molecular complexity index is 312. The molecule has 4 heteroatoms. The largest absolute Gasteiger partial charge is 0.506 e. The molecule has 0 spiro atoms. The standard InChI is InChI=1S/C8H8BrNO2/c1-5-6(9)2-3-7(12)8(5)10-4-11/h2-4,12H,1H3,(H,10,11). The average Bonchev–Trinajstić information content (AvgIpc) is 2.06. The molecule has 1 aromatic carbocycles. The highest BCUT2D eigenvalue weighted by atomic mass is 79.9. The number of hydrogen-bond donors (Lipinski definition) is 2. The first-order chi connectivity index (χ1) is 5.66. The predicted octanol–water partition coefficient (Wildman–Crippen LogP) is 2.03. The average molecular weight is 230 g/mol. The molecule has 2 N–H and O–H groups in total. The minimum Gasteiger partial charge on any atom is -0.506 e. The molecule has 0 radical (unpaired) electrons. The van der Waals surface area contributed by atoms with Crippen LogP contribution in [0.2, 0.25) is 0 Å². The maximum absolute atomic E-state index is 10.2. The number of nitrogens with one attached hydrogen (secondary N) is 1. The van der Waals surface area contributed by atoms with Crippen molar-refractivity contribution >= 4 is 28.0 Å². The van der Waals surface area contributed by atoms with Crippen molar-refractivity contribution in [2.75, 3.05) is 5.32 Å². The number of halogens is 1. The molecule has 1 amide bonds. The number of carbonyl (C=O) groups excluding carboxylic acids is 1. The van der Waals surface area contributed by atoms with Crippen molar-refractivity contribution in [1.82, 2.24) is 0 Å². The Morgan fingerprint density at radius 3 is 2.83 bits per heavy atom. The molecule has 0 atom stereocenters. The van der Waals surface area contributed by atoms with Crippen LogP contribution in [0.5, 0.6) is 5.75 Å². The third kappa shape index (κ3) is 1.58. The number of rotatable bonds is 2. The van der Waals surface area contributed by atoms with Gasteiger partial charge in [0.1, 0.15) is 5.75 Å². The summed E-state index contributed by atoms with van der Waals surface area (Å²) < 4.78 is 0.852. The summed E-state index contributed by atoms with van der Waals surface area (Å²) in [5.41, 5.74) is 1.25. The van der Waals surface area contributed by atoms with Gasteiger partial charge in [0.05, 0.1) is 5.69 Å². The Kier molecular flexibility index (Phi) is 2.70. The fraction of sp³-hybridized carbons (Fsp3) is 0.125. The van der Waals surface area contributed by atoms with Crippen molar-refractivity contribution in [3.8, 4) is 5.75 Å². The minimum absolute atomic E-state index is 0.0720. The molecule has 64 valence electrons. The molecule has 0 saturated heterocycles. The lowest BCUT2D eigenvalue weighted by atomic mass is 10.2. The van der Waals surface area contributed by atoms with Crippen LogP contribution >= 0.6 is 15.9 Å². The van der Waals surface area contributed by atoms with E-state index in [9.17, 15) is 9.90 Å². The van der Waals surface area contributed by atoms with Crippen molar-refractivity contribution in [2.24, 2.45) is 0 Å². The van der Waals surface area contributed by atoms with Crippen LogP contribution in [-0.4, -0.2) is 11.5 Å². The van der Waals surface area contributed by atoms with E-state index in [0.29, 0.717) is 12.1 Å². The Hall–Kier alpha value is -1.03. The van der Waals surface area contributed by atoms with Crippen molar-refractivity contribution in [3.05, 3.63) is 22.2 Å². The molecule has 0 heterocycles. The number of amides is 1. The maximum atomic E-state index is 10.2. The van der Waals surface area contributed by atoms with Crippen molar-refractivity contribution < 1.29 is 9.90 Å². The van der Waals surface area contributed by atoms with Gasteiger partial charge in [-0.05, 0) is 24.6 Å². The van der Waals surface area contributed by atoms with Gasteiger partial charge in [-0.1, -0.05) is 15.9 Å². The predicted molar refractivity (Wildman–Crippen MR) is 50.2 cm³/mol. The second kappa shape index (κ2) is 3.58. The van der Waals surface area contributed by atoms with E-state index in [1.807, 2.05) is 0 Å². The summed E-state index contributed by atoms with van der Waals surface area (Å²) in [4.78, 5) is 10.2. The molecule has 0 fully saturated rings. The summed E-state index contributed by atoms with van der Waals surface area (Å²) in [5.74, 6) is 0.0720. The molecule has 3 nitrogen and oxygen atoms in total. The molecule has 1 rings (SSSR count). The lowest BCUT2D eigenvalue weighted by Crippen LogP contribution is -1.97. The molecule has 1 aromatic rings. The SMILES string of the molecule is Cc1c(Br)ccc(O)c1NC=O. The van der Waals surface area contributed by atoms with Crippen LogP contribution in [-0.2, 0) is 4.79 Å². The lowest BCUT2D eigenvalue weighted by Gasteiger charge is -2.07. The smallest absolute Gasteiger partial charge is 0.211 e. The van der Waals surface area contributed by atoms with Crippen LogP contribution in [0.4, 0.5) is 5.69 Å². The number of anilines is 1. The van der Waals surface area contributed by atoms with Crippen LogP contribution < -0.4 is 5.32 Å². The topological polar surface area (TPSA) is 49.3 Å². The highest BCUT2D eigenvalue weighted by Gasteiger charge is 2.06. The number of benzene rings is 1. The van der Waals surface area contributed by atoms with Gasteiger partial charge in [0.25, 0.3) is 0 Å². The second-order valence-corrected chi connectivity index (χ2v) is 3.18. The van der Waals surface area contributed by atoms with Gasteiger partial charge in [0.15, 0.2) is 0 Å². The molecule has 0 aliphatic heterocycles. The molecular weight excluding hydrogens is 222 g/mol. The number of phenolic OH excluding ortho intramolecular Hbond substituents is 1. The third-order valence-electron chi connectivity index (χ3n) is 1.58. The Morgan fingerprint density at radius 1 is 1.58 bits per heavy atom. The molecule has 0 aliphatic rings. The highest BCUT2D eigenvalue weighted by molar-refractivity contribution is 9.10. The number of phenols is 1. The molecule has 12 heavy (non-hydrogen) atoms. The normalized spacial score (nSPS) is 9.50. The maximum Gasteiger partial charge on any atom is 0.211 e. The van der Waals surface area contributed by atoms with E-state index in [1.54, 1.807) is 13.0 Å². The zero-order valence-corrected chi connectivity index (χ0v) is 8.05. The summed E-state index contributed by atoms with van der Waals surface area (Å²) in [6, 6.07) is 3.24. The van der Waals surface area contributed by atoms with E-state index in [-0.39, 0.29) is 5.75 Å². The van der Waals surface area contributed by atoms with Crippen LogP contribution in [0, 0.1) is 6.92 Å². The van der Waals surface area contributed by atoms with Crippen LogP contribution in [0.1, 0.15) is 5.56 Å². The van der Waals surface area contributed by atoms with Crippen LogP contribution in [0.25, 0.3) is 0 Å². The molecule has 0 unspecified atom stereocenters. The van der Waals surface area contributed by atoms with Gasteiger partial charge in [0, 0.05) is 4.47 Å². The summed E-state index contributed by atoms with van der Waals surface area (Å²) in [6.45, 7) is 1.80. The van der Waals surface area contributed by atoms with E-state index in [4.69, 9.17) is 0 Å². The second-order valence-electron chi connectivity index (χ2n) is 2.33. The van der Waals surface area contributed by atoms with Gasteiger partial charge in [0.2, 0.25) is 6.41 Å². The number of carbonyl (C=O) groups is 1. The first kappa shape index (κ1) is 9.06. The monoisotopic (exact) mass is 229 g/mol. The highest BCUT2D eigenvalue weighted by Crippen LogP contribution is 2.31. The van der Waals surface area contributed by atoms with Gasteiger partial charge >= 0.3 is 0 Å². The fourth-order valence-corrected chi connectivity index (χ4v) is 1.24. The van der Waals surface area contributed by atoms with Gasteiger partial charge < -0.3 is 10.4 Å². The van der Waals surface area contributed by atoms with E-state index in [2.05, 4.69) is 21.2 Å². The number of hydrogen-bond acceptors (Lipinski definition) is 2. The third-order valence-corrected chi connectivity index (χ3v) is 2.44. The Morgan fingerprint density at radius 2 is 2.25 bits per heavy atom. The van der Waals surface area contributed by atoms with Crippen molar-refractivity contribution in [2.45, 2.75) is 6.92 Å². The van der Waals surface area contributed by atoms with Gasteiger partial charge in [-0.15, -0.1) is 0 Å². The van der Waals surface area contributed by atoms with E-state index < -0.39 is 0 Å².